The van der Waals surface area contributed by atoms with Crippen molar-refractivity contribution in [3.63, 3.8) is 0 Å². The van der Waals surface area contributed by atoms with Crippen LogP contribution in [-0.2, 0) is 33.4 Å². The topological polar surface area (TPSA) is 136 Å². The summed E-state index contributed by atoms with van der Waals surface area (Å²) in [5.74, 6) is -2.40. The van der Waals surface area contributed by atoms with Crippen LogP contribution in [0.3, 0.4) is 0 Å². The third kappa shape index (κ3) is 7.37. The normalized spacial score (nSPS) is 16.0. The summed E-state index contributed by atoms with van der Waals surface area (Å²) in [5.41, 5.74) is 0. The van der Waals surface area contributed by atoms with E-state index in [1.165, 1.54) is 0 Å². The Kier molecular flexibility index (Phi) is 8.17. The lowest BCUT2D eigenvalue weighted by molar-refractivity contribution is -0.183. The van der Waals surface area contributed by atoms with Crippen LogP contribution in [0, 0.1) is 0 Å². The van der Waals surface area contributed by atoms with Gasteiger partial charge in [-0.3, -0.25) is 19.2 Å². The lowest BCUT2D eigenvalue weighted by Gasteiger charge is -2.29. The highest BCUT2D eigenvalue weighted by Gasteiger charge is 2.37. The molecular formula is C12H18O9. The molecule has 0 rings (SSSR count). The molecular weight excluding hydrogens is 288 g/mol. The van der Waals surface area contributed by atoms with Crippen LogP contribution in [0.5, 0.6) is 0 Å². The Labute approximate surface area is 120 Å². The zero-order chi connectivity index (χ0) is 16.6. The minimum Gasteiger partial charge on any atom is -0.463 e. The molecule has 0 aliphatic carbocycles. The summed E-state index contributed by atoms with van der Waals surface area (Å²) in [7, 11) is 0. The van der Waals surface area contributed by atoms with E-state index in [1.807, 2.05) is 0 Å². The number of hydrogen-bond donors (Lipinski definition) is 2. The average Bonchev–Trinajstić information content (AvgIpc) is 2.38. The van der Waals surface area contributed by atoms with Crippen molar-refractivity contribution in [2.45, 2.75) is 45.2 Å². The highest BCUT2D eigenvalue weighted by atomic mass is 16.6. The Morgan fingerprint density at radius 2 is 1.52 bits per heavy atom. The number of aliphatic hydroxyl groups excluding tert-OH is 2. The molecule has 0 amide bonds. The summed E-state index contributed by atoms with van der Waals surface area (Å²) in [6.07, 6.45) is -6.55. The molecule has 4 atom stereocenters. The number of esters is 3. The molecule has 0 spiro atoms. The van der Waals surface area contributed by atoms with Gasteiger partial charge < -0.3 is 24.4 Å². The molecule has 0 aromatic carbocycles. The summed E-state index contributed by atoms with van der Waals surface area (Å²) in [4.78, 5) is 43.3. The van der Waals surface area contributed by atoms with Crippen molar-refractivity contribution >= 4 is 24.2 Å². The fourth-order valence-corrected chi connectivity index (χ4v) is 1.42. The first-order chi connectivity index (χ1) is 9.68. The zero-order valence-electron chi connectivity index (χ0n) is 11.8. The van der Waals surface area contributed by atoms with Gasteiger partial charge in [0.25, 0.3) is 0 Å². The fourth-order valence-electron chi connectivity index (χ4n) is 1.42. The number of ether oxygens (including phenoxy) is 3. The van der Waals surface area contributed by atoms with Crippen LogP contribution in [-0.4, -0.2) is 65.4 Å². The first-order valence-electron chi connectivity index (χ1n) is 5.98. The van der Waals surface area contributed by atoms with E-state index in [4.69, 9.17) is 4.74 Å². The second-order valence-corrected chi connectivity index (χ2v) is 4.14. The van der Waals surface area contributed by atoms with Crippen molar-refractivity contribution in [2.75, 3.05) is 6.61 Å². The maximum atomic E-state index is 11.0. The molecule has 0 aromatic rings. The number of aldehydes is 1. The third-order valence-corrected chi connectivity index (χ3v) is 2.25. The van der Waals surface area contributed by atoms with Gasteiger partial charge in [0.15, 0.2) is 18.5 Å². The molecule has 0 saturated heterocycles. The monoisotopic (exact) mass is 306 g/mol. The average molecular weight is 306 g/mol. The Bertz CT molecular complexity index is 392. The molecule has 0 aliphatic rings. The van der Waals surface area contributed by atoms with Crippen LogP contribution in [0.4, 0.5) is 0 Å². The highest BCUT2D eigenvalue weighted by molar-refractivity contribution is 5.70. The van der Waals surface area contributed by atoms with Crippen LogP contribution in [0.15, 0.2) is 0 Å². The zero-order valence-corrected chi connectivity index (χ0v) is 11.8. The molecule has 0 aromatic heterocycles. The van der Waals surface area contributed by atoms with Crippen LogP contribution in [0.2, 0.25) is 0 Å². The van der Waals surface area contributed by atoms with Crippen molar-refractivity contribution in [1.82, 2.24) is 0 Å². The van der Waals surface area contributed by atoms with E-state index in [0.29, 0.717) is 0 Å². The number of carbonyl (C=O) groups excluding carboxylic acids is 4. The quantitative estimate of drug-likeness (QED) is 0.306. The molecule has 0 saturated carbocycles. The standard InChI is InChI=1S/C12H18O9/c1-6(14)19-5-9(17)12(21-8(3)16)11(18)10(4-13)20-7(2)15/h4,9-12,17-18H,5H2,1-3H3/t9-,10+,11-,12-/m1/s1. The molecule has 2 N–H and O–H groups in total. The molecule has 0 fully saturated rings. The fraction of sp³-hybridized carbons (Fsp3) is 0.667. The van der Waals surface area contributed by atoms with Crippen LogP contribution in [0.1, 0.15) is 20.8 Å². The van der Waals surface area contributed by atoms with E-state index in [9.17, 15) is 29.4 Å². The summed E-state index contributed by atoms with van der Waals surface area (Å²) in [5, 5.41) is 19.7. The molecule has 21 heavy (non-hydrogen) atoms. The van der Waals surface area contributed by atoms with Crippen molar-refractivity contribution < 1.29 is 43.6 Å². The van der Waals surface area contributed by atoms with Gasteiger partial charge in [0.2, 0.25) is 0 Å². The SMILES string of the molecule is CC(=O)OC[C@@H](O)[C@@H](OC(C)=O)[C@H](O)[C@H](C=O)OC(C)=O. The van der Waals surface area contributed by atoms with Gasteiger partial charge >= 0.3 is 17.9 Å². The van der Waals surface area contributed by atoms with Gasteiger partial charge in [-0.1, -0.05) is 0 Å². The van der Waals surface area contributed by atoms with E-state index >= 15 is 0 Å². The van der Waals surface area contributed by atoms with E-state index in [0.717, 1.165) is 20.8 Å². The molecule has 9 nitrogen and oxygen atoms in total. The predicted octanol–water partition coefficient (Wildman–Crippen LogP) is -1.67. The van der Waals surface area contributed by atoms with Gasteiger partial charge in [-0.05, 0) is 0 Å². The summed E-state index contributed by atoms with van der Waals surface area (Å²) in [6.45, 7) is 2.55. The van der Waals surface area contributed by atoms with E-state index in [2.05, 4.69) is 9.47 Å². The molecule has 0 bridgehead atoms. The van der Waals surface area contributed by atoms with Gasteiger partial charge in [-0.15, -0.1) is 0 Å². The maximum Gasteiger partial charge on any atom is 0.303 e. The first kappa shape index (κ1) is 19.0. The molecule has 0 radical (unpaired) electrons. The van der Waals surface area contributed by atoms with E-state index in [1.54, 1.807) is 0 Å². The van der Waals surface area contributed by atoms with Crippen LogP contribution < -0.4 is 0 Å². The molecule has 0 aliphatic heterocycles. The minimum absolute atomic E-state index is 0.126. The van der Waals surface area contributed by atoms with Gasteiger partial charge in [0, 0.05) is 20.8 Å². The second-order valence-electron chi connectivity index (χ2n) is 4.14. The van der Waals surface area contributed by atoms with Crippen LogP contribution in [0.25, 0.3) is 0 Å². The minimum atomic E-state index is -1.82. The largest absolute Gasteiger partial charge is 0.463 e. The molecule has 9 heteroatoms. The second kappa shape index (κ2) is 9.03. The Balaban J connectivity index is 5.00. The highest BCUT2D eigenvalue weighted by Crippen LogP contribution is 2.12. The number of rotatable bonds is 8. The van der Waals surface area contributed by atoms with Crippen molar-refractivity contribution in [3.8, 4) is 0 Å². The summed E-state index contributed by atoms with van der Waals surface area (Å²) < 4.78 is 13.7. The van der Waals surface area contributed by atoms with Gasteiger partial charge in [-0.25, -0.2) is 0 Å². The Morgan fingerprint density at radius 3 is 1.90 bits per heavy atom. The van der Waals surface area contributed by atoms with Crippen molar-refractivity contribution in [1.29, 1.82) is 0 Å². The van der Waals surface area contributed by atoms with E-state index in [-0.39, 0.29) is 6.29 Å². The smallest absolute Gasteiger partial charge is 0.303 e. The van der Waals surface area contributed by atoms with Crippen molar-refractivity contribution in [3.05, 3.63) is 0 Å². The summed E-state index contributed by atoms with van der Waals surface area (Å²) in [6, 6.07) is 0. The van der Waals surface area contributed by atoms with Gasteiger partial charge in [-0.2, -0.15) is 0 Å². The molecule has 0 unspecified atom stereocenters. The Hall–Kier alpha value is -2.00. The molecule has 0 heterocycles. The maximum absolute atomic E-state index is 11.0. The Morgan fingerprint density at radius 1 is 1.00 bits per heavy atom. The third-order valence-electron chi connectivity index (χ3n) is 2.25. The molecule has 120 valence electrons. The lowest BCUT2D eigenvalue weighted by Crippen LogP contribution is -2.50. The van der Waals surface area contributed by atoms with Crippen LogP contribution >= 0.6 is 0 Å². The van der Waals surface area contributed by atoms with Gasteiger partial charge in [0.05, 0.1) is 0 Å². The number of hydrogen-bond acceptors (Lipinski definition) is 9. The lowest BCUT2D eigenvalue weighted by atomic mass is 10.0. The predicted molar refractivity (Wildman–Crippen MR) is 65.8 cm³/mol. The number of aliphatic hydroxyl groups is 2. The first-order valence-corrected chi connectivity index (χ1v) is 5.98. The van der Waals surface area contributed by atoms with Gasteiger partial charge in [0.1, 0.15) is 18.8 Å². The van der Waals surface area contributed by atoms with Crippen molar-refractivity contribution in [2.24, 2.45) is 0 Å². The summed E-state index contributed by atoms with van der Waals surface area (Å²) >= 11 is 0. The number of carbonyl (C=O) groups is 4. The van der Waals surface area contributed by atoms with E-state index < -0.39 is 48.9 Å².